The largest absolute Gasteiger partial charge is 0.507 e. The molecule has 0 fully saturated rings. The van der Waals surface area contributed by atoms with Crippen molar-refractivity contribution in [3.05, 3.63) is 48.0 Å². The van der Waals surface area contributed by atoms with Crippen molar-refractivity contribution in [3.63, 3.8) is 0 Å². The van der Waals surface area contributed by atoms with Gasteiger partial charge in [0.25, 0.3) is 0 Å². The molecule has 25 heavy (non-hydrogen) atoms. The molecule has 0 saturated carbocycles. The zero-order valence-corrected chi connectivity index (χ0v) is 15.7. The minimum absolute atomic E-state index is 0.257. The normalized spacial score (nSPS) is 11.0. The van der Waals surface area contributed by atoms with E-state index in [0.717, 1.165) is 43.1 Å². The number of benzene rings is 2. The fourth-order valence-electron chi connectivity index (χ4n) is 2.91. The zero-order valence-electron chi connectivity index (χ0n) is 15.7. The molecule has 0 aliphatic rings. The fraction of sp³-hybridized carbons (Fsp3) is 0.381. The van der Waals surface area contributed by atoms with Gasteiger partial charge in [-0.1, -0.05) is 0 Å². The first kappa shape index (κ1) is 18.8. The van der Waals surface area contributed by atoms with Crippen molar-refractivity contribution in [2.45, 2.75) is 27.7 Å². The minimum Gasteiger partial charge on any atom is -0.507 e. The Kier molecular flexibility index (Phi) is 6.87. The van der Waals surface area contributed by atoms with Crippen molar-refractivity contribution >= 4 is 23.3 Å². The Hall–Kier alpha value is -2.49. The zero-order chi connectivity index (χ0) is 18.2. The topological polar surface area (TPSA) is 39.1 Å². The highest BCUT2D eigenvalue weighted by molar-refractivity contribution is 5.86. The molecule has 0 spiro atoms. The average Bonchev–Trinajstić information content (AvgIpc) is 2.64. The van der Waals surface area contributed by atoms with Crippen molar-refractivity contribution in [1.29, 1.82) is 0 Å². The fourth-order valence-corrected chi connectivity index (χ4v) is 2.91. The molecule has 4 nitrogen and oxygen atoms in total. The summed E-state index contributed by atoms with van der Waals surface area (Å²) in [6, 6.07) is 13.9. The Morgan fingerprint density at radius 1 is 0.800 bits per heavy atom. The van der Waals surface area contributed by atoms with Crippen molar-refractivity contribution in [2.24, 2.45) is 4.99 Å². The molecule has 0 atom stereocenters. The summed E-state index contributed by atoms with van der Waals surface area (Å²) in [7, 11) is 0. The SMILES string of the molecule is CCN(CC)c1ccc(/N=C/c2ccc(N(CC)CC)cc2O)cc1. The number of anilines is 2. The van der Waals surface area contributed by atoms with E-state index >= 15 is 0 Å². The van der Waals surface area contributed by atoms with E-state index in [0.29, 0.717) is 0 Å². The van der Waals surface area contributed by atoms with Crippen LogP contribution < -0.4 is 9.80 Å². The van der Waals surface area contributed by atoms with Gasteiger partial charge < -0.3 is 14.9 Å². The van der Waals surface area contributed by atoms with Crippen LogP contribution in [0.2, 0.25) is 0 Å². The second kappa shape index (κ2) is 9.11. The Morgan fingerprint density at radius 3 is 1.84 bits per heavy atom. The van der Waals surface area contributed by atoms with Gasteiger partial charge in [-0.2, -0.15) is 0 Å². The van der Waals surface area contributed by atoms with E-state index in [4.69, 9.17) is 0 Å². The molecule has 2 rings (SSSR count). The lowest BCUT2D eigenvalue weighted by Crippen LogP contribution is -2.21. The van der Waals surface area contributed by atoms with Crippen LogP contribution in [0, 0.1) is 0 Å². The molecule has 0 bridgehead atoms. The first-order valence-electron chi connectivity index (χ1n) is 9.09. The van der Waals surface area contributed by atoms with Crippen LogP contribution in [0.5, 0.6) is 5.75 Å². The van der Waals surface area contributed by atoms with Gasteiger partial charge in [0.05, 0.1) is 5.69 Å². The molecule has 0 radical (unpaired) electrons. The number of hydrogen-bond acceptors (Lipinski definition) is 4. The molecule has 2 aromatic rings. The first-order chi connectivity index (χ1) is 12.1. The highest BCUT2D eigenvalue weighted by atomic mass is 16.3. The molecule has 4 heteroatoms. The van der Waals surface area contributed by atoms with Gasteiger partial charge in [0.2, 0.25) is 0 Å². The highest BCUT2D eigenvalue weighted by Crippen LogP contribution is 2.25. The van der Waals surface area contributed by atoms with Gasteiger partial charge in [-0.05, 0) is 64.1 Å². The Balaban J connectivity index is 2.13. The van der Waals surface area contributed by atoms with Gasteiger partial charge in [-0.15, -0.1) is 0 Å². The van der Waals surface area contributed by atoms with Gasteiger partial charge in [-0.3, -0.25) is 4.99 Å². The molecule has 134 valence electrons. The molecular weight excluding hydrogens is 310 g/mol. The van der Waals surface area contributed by atoms with Crippen LogP contribution in [0.4, 0.5) is 17.1 Å². The van der Waals surface area contributed by atoms with E-state index in [2.05, 4.69) is 54.6 Å². The smallest absolute Gasteiger partial charge is 0.126 e. The van der Waals surface area contributed by atoms with E-state index in [1.165, 1.54) is 5.69 Å². The average molecular weight is 339 g/mol. The third-order valence-electron chi connectivity index (χ3n) is 4.47. The summed E-state index contributed by atoms with van der Waals surface area (Å²) in [4.78, 5) is 8.98. The molecule has 1 N–H and O–H groups in total. The van der Waals surface area contributed by atoms with Gasteiger partial charge in [0, 0.05) is 55.4 Å². The van der Waals surface area contributed by atoms with Gasteiger partial charge in [-0.25, -0.2) is 0 Å². The third kappa shape index (κ3) is 4.75. The van der Waals surface area contributed by atoms with Gasteiger partial charge >= 0.3 is 0 Å². The summed E-state index contributed by atoms with van der Waals surface area (Å²) in [6.45, 7) is 12.3. The first-order valence-corrected chi connectivity index (χ1v) is 9.09. The number of phenols is 1. The quantitative estimate of drug-likeness (QED) is 0.700. The van der Waals surface area contributed by atoms with Crippen LogP contribution in [0.1, 0.15) is 33.3 Å². The van der Waals surface area contributed by atoms with Crippen LogP contribution in [0.3, 0.4) is 0 Å². The second-order valence-electron chi connectivity index (χ2n) is 5.86. The predicted octanol–water partition coefficient (Wildman–Crippen LogP) is 4.84. The van der Waals surface area contributed by atoms with Crippen LogP contribution in [0.15, 0.2) is 47.5 Å². The number of hydrogen-bond donors (Lipinski definition) is 1. The second-order valence-corrected chi connectivity index (χ2v) is 5.86. The Bertz CT molecular complexity index is 687. The monoisotopic (exact) mass is 339 g/mol. The maximum atomic E-state index is 10.3. The predicted molar refractivity (Wildman–Crippen MR) is 109 cm³/mol. The maximum absolute atomic E-state index is 10.3. The maximum Gasteiger partial charge on any atom is 0.126 e. The van der Waals surface area contributed by atoms with Crippen molar-refractivity contribution in [2.75, 3.05) is 36.0 Å². The molecule has 0 unspecified atom stereocenters. The summed E-state index contributed by atoms with van der Waals surface area (Å²) in [5.74, 6) is 0.257. The highest BCUT2D eigenvalue weighted by Gasteiger charge is 2.06. The van der Waals surface area contributed by atoms with Crippen molar-refractivity contribution in [1.82, 2.24) is 0 Å². The van der Waals surface area contributed by atoms with Gasteiger partial charge in [0.1, 0.15) is 5.75 Å². The van der Waals surface area contributed by atoms with E-state index in [-0.39, 0.29) is 5.75 Å². The van der Waals surface area contributed by atoms with E-state index in [1.807, 2.05) is 24.3 Å². The van der Waals surface area contributed by atoms with Crippen molar-refractivity contribution < 1.29 is 5.11 Å². The number of aliphatic imine (C=N–C) groups is 1. The van der Waals surface area contributed by atoms with E-state index in [1.54, 1.807) is 12.3 Å². The molecule has 0 aliphatic heterocycles. The molecule has 0 aliphatic carbocycles. The molecule has 0 heterocycles. The van der Waals surface area contributed by atoms with Crippen molar-refractivity contribution in [3.8, 4) is 5.75 Å². The summed E-state index contributed by atoms with van der Waals surface area (Å²) in [6.07, 6.45) is 1.72. The summed E-state index contributed by atoms with van der Waals surface area (Å²) >= 11 is 0. The van der Waals surface area contributed by atoms with Crippen LogP contribution in [-0.2, 0) is 0 Å². The number of nitrogens with zero attached hydrogens (tertiary/aromatic N) is 3. The van der Waals surface area contributed by atoms with Crippen LogP contribution >= 0.6 is 0 Å². The molecule has 2 aromatic carbocycles. The van der Waals surface area contributed by atoms with E-state index < -0.39 is 0 Å². The molecule has 0 aromatic heterocycles. The summed E-state index contributed by atoms with van der Waals surface area (Å²) in [5.41, 5.74) is 3.84. The third-order valence-corrected chi connectivity index (χ3v) is 4.47. The summed E-state index contributed by atoms with van der Waals surface area (Å²) < 4.78 is 0. The molecule has 0 saturated heterocycles. The standard InChI is InChI=1S/C21H29N3O/c1-5-23(6-2)19-13-10-18(11-14-19)22-16-17-9-12-20(15-21(17)25)24(7-3)8-4/h9-16,25H,5-8H2,1-4H3/b22-16+. The lowest BCUT2D eigenvalue weighted by atomic mass is 10.1. The lowest BCUT2D eigenvalue weighted by Gasteiger charge is -2.21. The Labute approximate surface area is 151 Å². The lowest BCUT2D eigenvalue weighted by molar-refractivity contribution is 0.474. The number of phenolic OH excluding ortho intramolecular Hbond substituents is 1. The number of aromatic hydroxyl groups is 1. The van der Waals surface area contributed by atoms with E-state index in [9.17, 15) is 5.11 Å². The minimum atomic E-state index is 0.257. The Morgan fingerprint density at radius 2 is 1.32 bits per heavy atom. The summed E-state index contributed by atoms with van der Waals surface area (Å²) in [5, 5.41) is 10.3. The van der Waals surface area contributed by atoms with Gasteiger partial charge in [0.15, 0.2) is 0 Å². The van der Waals surface area contributed by atoms with Crippen LogP contribution in [-0.4, -0.2) is 37.5 Å². The van der Waals surface area contributed by atoms with Crippen LogP contribution in [0.25, 0.3) is 0 Å². The number of rotatable bonds is 8. The molecular formula is C21H29N3O. The molecule has 0 amide bonds.